The maximum absolute atomic E-state index is 14.4. The van der Waals surface area contributed by atoms with Gasteiger partial charge in [0.2, 0.25) is 0 Å². The number of aromatic nitrogens is 1. The maximum Gasteiger partial charge on any atom is 0.293 e. The molecule has 4 aromatic rings. The molecule has 2 amide bonds. The Morgan fingerprint density at radius 1 is 0.944 bits per heavy atom. The first-order valence-electron chi connectivity index (χ1n) is 11.7. The zero-order chi connectivity index (χ0) is 25.2. The molecule has 5 nitrogen and oxygen atoms in total. The first-order chi connectivity index (χ1) is 17.4. The Balaban J connectivity index is 1.39. The van der Waals surface area contributed by atoms with Gasteiger partial charge in [0.15, 0.2) is 0 Å². The number of ether oxygens (including phenoxy) is 1. The summed E-state index contributed by atoms with van der Waals surface area (Å²) in [6.07, 6.45) is 1.78. The molecule has 1 aromatic heterocycles. The standard InChI is InChI=1S/C29H25FN2O3S/c1-19-11-13-22(14-12-19)35-16-15-31-28(33)27(36-29(31)34)17-24-20(2)32(26-10-6-4-8-23(24)26)18-21-7-3-5-9-25(21)30/h3-14,17H,15-16,18H2,1-2H3/b27-17-. The summed E-state index contributed by atoms with van der Waals surface area (Å²) in [4.78, 5) is 27.3. The number of thioether (sulfide) groups is 1. The van der Waals surface area contributed by atoms with Crippen molar-refractivity contribution in [2.45, 2.75) is 20.4 Å². The molecule has 0 unspecified atom stereocenters. The number of hydrogen-bond donors (Lipinski definition) is 0. The molecule has 0 spiro atoms. The monoisotopic (exact) mass is 500 g/mol. The van der Waals surface area contributed by atoms with Crippen LogP contribution < -0.4 is 4.74 Å². The summed E-state index contributed by atoms with van der Waals surface area (Å²) in [5.41, 5.74) is 4.40. The Hall–Kier alpha value is -3.84. The molecule has 5 rings (SSSR count). The molecule has 0 atom stereocenters. The van der Waals surface area contributed by atoms with E-state index in [0.717, 1.165) is 39.5 Å². The van der Waals surface area contributed by atoms with Gasteiger partial charge in [-0.05, 0) is 56.0 Å². The SMILES string of the molecule is Cc1ccc(OCCN2C(=O)S/C(=C\c3c(C)n(Cc4ccccc4F)c4ccccc34)C2=O)cc1. The summed E-state index contributed by atoms with van der Waals surface area (Å²) in [6, 6.07) is 22.2. The number of para-hydroxylation sites is 1. The number of fused-ring (bicyclic) bond motifs is 1. The molecule has 1 fully saturated rings. The van der Waals surface area contributed by atoms with Crippen LogP contribution >= 0.6 is 11.8 Å². The number of aryl methyl sites for hydroxylation is 1. The van der Waals surface area contributed by atoms with Crippen molar-refractivity contribution in [1.82, 2.24) is 9.47 Å². The lowest BCUT2D eigenvalue weighted by atomic mass is 10.1. The number of amides is 2. The minimum atomic E-state index is -0.331. The molecule has 36 heavy (non-hydrogen) atoms. The van der Waals surface area contributed by atoms with Crippen LogP contribution in [0.15, 0.2) is 77.7 Å². The molecule has 0 radical (unpaired) electrons. The molecular weight excluding hydrogens is 475 g/mol. The van der Waals surface area contributed by atoms with Crippen LogP contribution in [-0.4, -0.2) is 33.8 Å². The van der Waals surface area contributed by atoms with Crippen molar-refractivity contribution in [3.8, 4) is 5.75 Å². The van der Waals surface area contributed by atoms with E-state index in [2.05, 4.69) is 0 Å². The lowest BCUT2D eigenvalue weighted by Gasteiger charge is -2.13. The molecule has 0 aliphatic carbocycles. The highest BCUT2D eigenvalue weighted by Gasteiger charge is 2.35. The molecule has 1 aliphatic rings. The smallest absolute Gasteiger partial charge is 0.293 e. The van der Waals surface area contributed by atoms with E-state index in [-0.39, 0.29) is 30.1 Å². The topological polar surface area (TPSA) is 51.5 Å². The molecule has 3 aromatic carbocycles. The van der Waals surface area contributed by atoms with Gasteiger partial charge in [-0.25, -0.2) is 4.39 Å². The van der Waals surface area contributed by atoms with Gasteiger partial charge in [-0.3, -0.25) is 14.5 Å². The number of imide groups is 1. The second-order valence-electron chi connectivity index (χ2n) is 8.69. The predicted octanol–water partition coefficient (Wildman–Crippen LogP) is 6.56. The summed E-state index contributed by atoms with van der Waals surface area (Å²) in [5, 5.41) is 0.632. The zero-order valence-electron chi connectivity index (χ0n) is 20.0. The van der Waals surface area contributed by atoms with Gasteiger partial charge in [0.1, 0.15) is 18.2 Å². The number of carbonyl (C=O) groups is 2. The quantitative estimate of drug-likeness (QED) is 0.270. The van der Waals surface area contributed by atoms with Gasteiger partial charge in [-0.2, -0.15) is 0 Å². The lowest BCUT2D eigenvalue weighted by molar-refractivity contribution is -0.123. The van der Waals surface area contributed by atoms with Gasteiger partial charge in [-0.15, -0.1) is 0 Å². The number of carbonyl (C=O) groups excluding carboxylic acids is 2. The molecule has 1 aliphatic heterocycles. The number of benzene rings is 3. The van der Waals surface area contributed by atoms with Crippen molar-refractivity contribution in [1.29, 1.82) is 0 Å². The Morgan fingerprint density at radius 2 is 1.67 bits per heavy atom. The second-order valence-corrected chi connectivity index (χ2v) is 9.68. The summed E-state index contributed by atoms with van der Waals surface area (Å²) in [5.74, 6) is 0.106. The Kier molecular flexibility index (Phi) is 6.65. The Morgan fingerprint density at radius 3 is 2.44 bits per heavy atom. The predicted molar refractivity (Wildman–Crippen MR) is 142 cm³/mol. The van der Waals surface area contributed by atoms with E-state index in [1.54, 1.807) is 18.2 Å². The van der Waals surface area contributed by atoms with E-state index < -0.39 is 0 Å². The average molecular weight is 501 g/mol. The maximum atomic E-state index is 14.4. The number of hydrogen-bond acceptors (Lipinski definition) is 4. The van der Waals surface area contributed by atoms with Crippen molar-refractivity contribution in [3.05, 3.63) is 106 Å². The summed E-state index contributed by atoms with van der Waals surface area (Å²) >= 11 is 0.932. The van der Waals surface area contributed by atoms with Crippen molar-refractivity contribution in [2.24, 2.45) is 0 Å². The van der Waals surface area contributed by atoms with E-state index in [4.69, 9.17) is 4.74 Å². The third-order valence-electron chi connectivity index (χ3n) is 6.32. The highest BCUT2D eigenvalue weighted by Crippen LogP contribution is 2.36. The zero-order valence-corrected chi connectivity index (χ0v) is 20.8. The Bertz CT molecular complexity index is 1490. The molecule has 0 saturated carbocycles. The summed E-state index contributed by atoms with van der Waals surface area (Å²) < 4.78 is 22.1. The summed E-state index contributed by atoms with van der Waals surface area (Å²) in [7, 11) is 0. The normalized spacial score (nSPS) is 14.9. The van der Waals surface area contributed by atoms with Gasteiger partial charge < -0.3 is 9.30 Å². The largest absolute Gasteiger partial charge is 0.492 e. The van der Waals surface area contributed by atoms with E-state index in [1.807, 2.05) is 73.0 Å². The molecular formula is C29H25FN2O3S. The lowest BCUT2D eigenvalue weighted by Crippen LogP contribution is -2.32. The van der Waals surface area contributed by atoms with Gasteiger partial charge >= 0.3 is 0 Å². The molecule has 1 saturated heterocycles. The molecule has 0 N–H and O–H groups in total. The van der Waals surface area contributed by atoms with Gasteiger partial charge in [0.25, 0.3) is 11.1 Å². The number of nitrogens with zero attached hydrogens (tertiary/aromatic N) is 2. The third kappa shape index (κ3) is 4.66. The van der Waals surface area contributed by atoms with Crippen LogP contribution in [0, 0.1) is 19.7 Å². The van der Waals surface area contributed by atoms with Crippen LogP contribution in [0.1, 0.15) is 22.4 Å². The molecule has 182 valence electrons. The van der Waals surface area contributed by atoms with Crippen LogP contribution in [0.4, 0.5) is 9.18 Å². The summed E-state index contributed by atoms with van der Waals surface area (Å²) in [6.45, 7) is 4.70. The van der Waals surface area contributed by atoms with Gasteiger partial charge in [0, 0.05) is 27.7 Å². The van der Waals surface area contributed by atoms with Crippen molar-refractivity contribution in [2.75, 3.05) is 13.2 Å². The van der Waals surface area contributed by atoms with E-state index in [0.29, 0.717) is 22.8 Å². The van der Waals surface area contributed by atoms with Crippen LogP contribution in [-0.2, 0) is 11.3 Å². The second kappa shape index (κ2) is 10.0. The fourth-order valence-electron chi connectivity index (χ4n) is 4.35. The fraction of sp³-hybridized carbons (Fsp3) is 0.172. The van der Waals surface area contributed by atoms with Gasteiger partial charge in [0.05, 0.1) is 18.0 Å². The van der Waals surface area contributed by atoms with Crippen LogP contribution in [0.2, 0.25) is 0 Å². The van der Waals surface area contributed by atoms with Gasteiger partial charge in [-0.1, -0.05) is 54.1 Å². The average Bonchev–Trinajstić information content (AvgIpc) is 3.29. The van der Waals surface area contributed by atoms with Crippen LogP contribution in [0.25, 0.3) is 17.0 Å². The highest BCUT2D eigenvalue weighted by atomic mass is 32.2. The number of rotatable bonds is 7. The third-order valence-corrected chi connectivity index (χ3v) is 7.23. The van der Waals surface area contributed by atoms with E-state index in [9.17, 15) is 14.0 Å². The van der Waals surface area contributed by atoms with Crippen molar-refractivity contribution >= 4 is 39.9 Å². The molecule has 2 heterocycles. The van der Waals surface area contributed by atoms with Crippen molar-refractivity contribution in [3.63, 3.8) is 0 Å². The van der Waals surface area contributed by atoms with Crippen LogP contribution in [0.3, 0.4) is 0 Å². The highest BCUT2D eigenvalue weighted by molar-refractivity contribution is 8.18. The van der Waals surface area contributed by atoms with Crippen molar-refractivity contribution < 1.29 is 18.7 Å². The first kappa shape index (κ1) is 23.9. The minimum Gasteiger partial charge on any atom is -0.492 e. The number of halogens is 1. The Labute approximate surface area is 213 Å². The first-order valence-corrected chi connectivity index (χ1v) is 12.5. The molecule has 7 heteroatoms. The van der Waals surface area contributed by atoms with E-state index in [1.165, 1.54) is 11.0 Å². The van der Waals surface area contributed by atoms with Crippen LogP contribution in [0.5, 0.6) is 5.75 Å². The fourth-order valence-corrected chi connectivity index (χ4v) is 5.20. The molecule has 0 bridgehead atoms. The van der Waals surface area contributed by atoms with E-state index >= 15 is 0 Å². The minimum absolute atomic E-state index is 0.171.